The van der Waals surface area contributed by atoms with Crippen LogP contribution in [0.25, 0.3) is 11.1 Å². The van der Waals surface area contributed by atoms with Gasteiger partial charge >= 0.3 is 12.1 Å². The number of alkyl carbamates (subject to hydrolysis) is 1. The summed E-state index contributed by atoms with van der Waals surface area (Å²) in [6.45, 7) is 2.29. The predicted octanol–water partition coefficient (Wildman–Crippen LogP) is 3.52. The number of ether oxygens (including phenoxy) is 1. The van der Waals surface area contributed by atoms with Crippen molar-refractivity contribution in [3.05, 3.63) is 59.7 Å². The number of aliphatic carboxylic acids is 1. The summed E-state index contributed by atoms with van der Waals surface area (Å²) in [6, 6.07) is 15.8. The zero-order valence-corrected chi connectivity index (χ0v) is 19.9. The average Bonchev–Trinajstić information content (AvgIpc) is 3.16. The maximum atomic E-state index is 12.8. The molecule has 8 heteroatoms. The van der Waals surface area contributed by atoms with Gasteiger partial charge in [-0.05, 0) is 41.5 Å². The van der Waals surface area contributed by atoms with Gasteiger partial charge in [0.15, 0.2) is 5.60 Å². The van der Waals surface area contributed by atoms with Gasteiger partial charge in [-0.25, -0.2) is 9.59 Å². The molecular weight excluding hydrogens is 448 g/mol. The summed E-state index contributed by atoms with van der Waals surface area (Å²) in [7, 11) is 0. The molecule has 35 heavy (non-hydrogen) atoms. The van der Waals surface area contributed by atoms with Crippen molar-refractivity contribution < 1.29 is 29.3 Å². The molecule has 0 spiro atoms. The lowest BCUT2D eigenvalue weighted by Gasteiger charge is -2.37. The number of carboxylic acid groups (broad SMARTS) is 1. The van der Waals surface area contributed by atoms with E-state index < -0.39 is 23.7 Å². The number of amides is 2. The molecule has 1 heterocycles. The first-order chi connectivity index (χ1) is 16.8. The van der Waals surface area contributed by atoms with E-state index in [1.165, 1.54) is 4.90 Å². The summed E-state index contributed by atoms with van der Waals surface area (Å²) in [6.07, 6.45) is 1.29. The van der Waals surface area contributed by atoms with Gasteiger partial charge in [0.25, 0.3) is 0 Å². The van der Waals surface area contributed by atoms with Crippen LogP contribution in [0.1, 0.15) is 56.1 Å². The van der Waals surface area contributed by atoms with Crippen LogP contribution in [-0.4, -0.2) is 64.4 Å². The SMILES string of the molecule is CCC[C@H](CC(=O)N1CCCC(O)(C(=O)O)C1)NC(=O)OCC1c2ccccc2-c2ccccc21. The Morgan fingerprint density at radius 3 is 2.34 bits per heavy atom. The lowest BCUT2D eigenvalue weighted by molar-refractivity contribution is -0.166. The number of carboxylic acids is 1. The van der Waals surface area contributed by atoms with Crippen molar-refractivity contribution in [1.29, 1.82) is 0 Å². The Morgan fingerprint density at radius 2 is 1.74 bits per heavy atom. The van der Waals surface area contributed by atoms with Crippen LogP contribution in [-0.2, 0) is 14.3 Å². The van der Waals surface area contributed by atoms with Gasteiger partial charge in [-0.2, -0.15) is 0 Å². The van der Waals surface area contributed by atoms with Crippen LogP contribution >= 0.6 is 0 Å². The van der Waals surface area contributed by atoms with Crippen LogP contribution in [0.15, 0.2) is 48.5 Å². The van der Waals surface area contributed by atoms with E-state index in [-0.39, 0.29) is 37.8 Å². The van der Waals surface area contributed by atoms with Crippen LogP contribution < -0.4 is 5.32 Å². The number of β-amino-alcohol motifs (C(OH)–C–C–N with tert-alkyl or cyclic N) is 1. The third-order valence-electron chi connectivity index (χ3n) is 6.95. The van der Waals surface area contributed by atoms with Crippen molar-refractivity contribution in [2.45, 2.75) is 56.6 Å². The zero-order chi connectivity index (χ0) is 25.0. The first-order valence-electron chi connectivity index (χ1n) is 12.2. The van der Waals surface area contributed by atoms with Gasteiger partial charge in [0, 0.05) is 24.9 Å². The number of fused-ring (bicyclic) bond motifs is 3. The van der Waals surface area contributed by atoms with Crippen molar-refractivity contribution in [2.24, 2.45) is 0 Å². The molecule has 0 aromatic heterocycles. The summed E-state index contributed by atoms with van der Waals surface area (Å²) in [5.74, 6) is -1.67. The van der Waals surface area contributed by atoms with Crippen LogP contribution in [0.4, 0.5) is 4.79 Å². The Bertz CT molecular complexity index is 1060. The summed E-state index contributed by atoms with van der Waals surface area (Å²) in [5, 5.41) is 22.4. The molecule has 0 bridgehead atoms. The Kier molecular flexibility index (Phi) is 7.40. The monoisotopic (exact) mass is 480 g/mol. The highest BCUT2D eigenvalue weighted by molar-refractivity contribution is 5.82. The minimum Gasteiger partial charge on any atom is -0.479 e. The second-order valence-corrected chi connectivity index (χ2v) is 9.42. The van der Waals surface area contributed by atoms with E-state index in [4.69, 9.17) is 4.74 Å². The van der Waals surface area contributed by atoms with E-state index >= 15 is 0 Å². The van der Waals surface area contributed by atoms with E-state index in [1.807, 2.05) is 31.2 Å². The second kappa shape index (κ2) is 10.5. The molecule has 0 saturated carbocycles. The highest BCUT2D eigenvalue weighted by atomic mass is 16.5. The normalized spacial score (nSPS) is 20.0. The van der Waals surface area contributed by atoms with E-state index in [2.05, 4.69) is 29.6 Å². The molecule has 186 valence electrons. The topological polar surface area (TPSA) is 116 Å². The molecule has 4 rings (SSSR count). The molecule has 0 radical (unpaired) electrons. The summed E-state index contributed by atoms with van der Waals surface area (Å²) < 4.78 is 5.62. The van der Waals surface area contributed by atoms with Gasteiger partial charge in [0.2, 0.25) is 5.91 Å². The quantitative estimate of drug-likeness (QED) is 0.532. The highest BCUT2D eigenvalue weighted by Gasteiger charge is 2.42. The highest BCUT2D eigenvalue weighted by Crippen LogP contribution is 2.44. The maximum Gasteiger partial charge on any atom is 0.407 e. The third kappa shape index (κ3) is 5.32. The molecule has 2 aromatic rings. The first kappa shape index (κ1) is 24.7. The fraction of sp³-hybridized carbons (Fsp3) is 0.444. The van der Waals surface area contributed by atoms with Crippen molar-refractivity contribution >= 4 is 18.0 Å². The molecule has 1 aliphatic carbocycles. The van der Waals surface area contributed by atoms with Gasteiger partial charge < -0.3 is 25.2 Å². The number of likely N-dealkylation sites (tertiary alicyclic amines) is 1. The smallest absolute Gasteiger partial charge is 0.407 e. The Labute approximate surface area is 204 Å². The van der Waals surface area contributed by atoms with Gasteiger partial charge in [-0.3, -0.25) is 4.79 Å². The number of hydrogen-bond acceptors (Lipinski definition) is 5. The minimum absolute atomic E-state index is 0.0216. The fourth-order valence-corrected chi connectivity index (χ4v) is 5.14. The lowest BCUT2D eigenvalue weighted by atomic mass is 9.92. The first-order valence-corrected chi connectivity index (χ1v) is 12.2. The lowest BCUT2D eigenvalue weighted by Crippen LogP contribution is -2.55. The molecule has 2 aliphatic rings. The molecule has 1 saturated heterocycles. The zero-order valence-electron chi connectivity index (χ0n) is 19.9. The standard InChI is InChI=1S/C27H32N2O6/c1-2-8-18(15-24(30)29-14-7-13-27(34,17-29)25(31)32)28-26(33)35-16-23-21-11-5-3-9-19(21)20-10-4-6-12-22(20)23/h3-6,9-12,18,23,34H,2,7-8,13-17H2,1H3,(H,28,33)(H,31,32)/t18-,27?/m1/s1. The second-order valence-electron chi connectivity index (χ2n) is 9.42. The number of carbonyl (C=O) groups excluding carboxylic acids is 2. The summed E-state index contributed by atoms with van der Waals surface area (Å²) in [4.78, 5) is 38.3. The van der Waals surface area contributed by atoms with Crippen LogP contribution in [0.5, 0.6) is 0 Å². The molecule has 8 nitrogen and oxygen atoms in total. The number of piperidine rings is 1. The minimum atomic E-state index is -1.92. The number of carbonyl (C=O) groups is 3. The summed E-state index contributed by atoms with van der Waals surface area (Å²) >= 11 is 0. The number of aliphatic hydroxyl groups is 1. The van der Waals surface area contributed by atoms with Crippen molar-refractivity contribution in [3.8, 4) is 11.1 Å². The van der Waals surface area contributed by atoms with Gasteiger partial charge in [0.1, 0.15) is 6.61 Å². The molecule has 2 aromatic carbocycles. The fourth-order valence-electron chi connectivity index (χ4n) is 5.14. The molecule has 3 N–H and O–H groups in total. The van der Waals surface area contributed by atoms with E-state index in [0.29, 0.717) is 19.4 Å². The van der Waals surface area contributed by atoms with Gasteiger partial charge in [-0.1, -0.05) is 61.9 Å². The van der Waals surface area contributed by atoms with E-state index in [1.54, 1.807) is 0 Å². The van der Waals surface area contributed by atoms with Crippen molar-refractivity contribution in [2.75, 3.05) is 19.7 Å². The Hall–Kier alpha value is -3.39. The molecular formula is C27H32N2O6. The molecule has 1 aliphatic heterocycles. The van der Waals surface area contributed by atoms with E-state index in [9.17, 15) is 24.6 Å². The summed E-state index contributed by atoms with van der Waals surface area (Å²) in [5.41, 5.74) is 2.62. The molecule has 2 atom stereocenters. The van der Waals surface area contributed by atoms with Crippen molar-refractivity contribution in [1.82, 2.24) is 10.2 Å². The number of rotatable bonds is 8. The number of nitrogens with zero attached hydrogens (tertiary/aromatic N) is 1. The molecule has 1 fully saturated rings. The Balaban J connectivity index is 1.36. The number of hydrogen-bond donors (Lipinski definition) is 3. The Morgan fingerprint density at radius 1 is 1.11 bits per heavy atom. The third-order valence-corrected chi connectivity index (χ3v) is 6.95. The van der Waals surface area contributed by atoms with Crippen molar-refractivity contribution in [3.63, 3.8) is 0 Å². The van der Waals surface area contributed by atoms with E-state index in [0.717, 1.165) is 28.7 Å². The predicted molar refractivity (Wildman–Crippen MR) is 130 cm³/mol. The van der Waals surface area contributed by atoms with Crippen LogP contribution in [0.3, 0.4) is 0 Å². The van der Waals surface area contributed by atoms with Crippen LogP contribution in [0, 0.1) is 0 Å². The maximum absolute atomic E-state index is 12.8. The van der Waals surface area contributed by atoms with Gasteiger partial charge in [0.05, 0.1) is 6.54 Å². The largest absolute Gasteiger partial charge is 0.479 e. The molecule has 2 amide bonds. The average molecular weight is 481 g/mol. The van der Waals surface area contributed by atoms with Crippen LogP contribution in [0.2, 0.25) is 0 Å². The molecule has 1 unspecified atom stereocenters. The number of nitrogens with one attached hydrogen (secondary N) is 1. The number of benzene rings is 2. The van der Waals surface area contributed by atoms with Gasteiger partial charge in [-0.15, -0.1) is 0 Å².